The summed E-state index contributed by atoms with van der Waals surface area (Å²) in [6.45, 7) is 0.348. The Kier molecular flexibility index (Phi) is 4.08. The van der Waals surface area contributed by atoms with Crippen molar-refractivity contribution in [3.63, 3.8) is 0 Å². The van der Waals surface area contributed by atoms with Gasteiger partial charge in [0.2, 0.25) is 0 Å². The molecule has 0 saturated carbocycles. The molecule has 2 aliphatic heterocycles. The zero-order valence-corrected chi connectivity index (χ0v) is 14.6. The molecule has 2 aliphatic rings. The maximum absolute atomic E-state index is 12.9. The molecule has 1 saturated heterocycles. The summed E-state index contributed by atoms with van der Waals surface area (Å²) in [6, 6.07) is 12.5. The summed E-state index contributed by atoms with van der Waals surface area (Å²) in [4.78, 5) is 26.7. The molecule has 8 heteroatoms. The smallest absolute Gasteiger partial charge is 0.263 e. The highest BCUT2D eigenvalue weighted by Crippen LogP contribution is 2.33. The first-order valence-electron chi connectivity index (χ1n) is 8.02. The molecule has 0 aromatic heterocycles. The number of nitrogens with zero attached hydrogens (tertiary/aromatic N) is 4. The highest BCUT2D eigenvalue weighted by molar-refractivity contribution is 6.30. The zero-order chi connectivity index (χ0) is 18.3. The second-order valence-corrected chi connectivity index (χ2v) is 6.47. The topological polar surface area (TPSA) is 74.6 Å². The Morgan fingerprint density at radius 2 is 1.88 bits per heavy atom. The standard InChI is InChI=1S/C18H15ClN4O3/c1-26-14-7-5-13(6-8-14)23-17(24)15-16(18(23)25)22(21-20-15)10-11-3-2-4-12(19)9-11/h2-9,15-16H,10H2,1H3. The van der Waals surface area contributed by atoms with Gasteiger partial charge in [-0.15, -0.1) is 0 Å². The van der Waals surface area contributed by atoms with Gasteiger partial charge >= 0.3 is 0 Å². The minimum absolute atomic E-state index is 0.336. The van der Waals surface area contributed by atoms with E-state index < -0.39 is 12.1 Å². The van der Waals surface area contributed by atoms with E-state index in [4.69, 9.17) is 16.3 Å². The van der Waals surface area contributed by atoms with Gasteiger partial charge in [0.25, 0.3) is 11.8 Å². The first-order chi connectivity index (χ1) is 12.6. The van der Waals surface area contributed by atoms with Crippen LogP contribution in [0.15, 0.2) is 58.9 Å². The van der Waals surface area contributed by atoms with Crippen LogP contribution >= 0.6 is 11.6 Å². The summed E-state index contributed by atoms with van der Waals surface area (Å²) in [7, 11) is 1.56. The number of carbonyl (C=O) groups is 2. The summed E-state index contributed by atoms with van der Waals surface area (Å²) in [5.41, 5.74) is 1.38. The Balaban J connectivity index is 1.58. The summed E-state index contributed by atoms with van der Waals surface area (Å²) in [5.74, 6) is -0.0602. The van der Waals surface area contributed by atoms with Crippen molar-refractivity contribution in [1.29, 1.82) is 0 Å². The highest BCUT2D eigenvalue weighted by Gasteiger charge is 2.54. The Labute approximate surface area is 154 Å². The van der Waals surface area contributed by atoms with Crippen molar-refractivity contribution >= 4 is 29.1 Å². The van der Waals surface area contributed by atoms with Crippen LogP contribution in [0.2, 0.25) is 5.02 Å². The van der Waals surface area contributed by atoms with Crippen LogP contribution < -0.4 is 9.64 Å². The van der Waals surface area contributed by atoms with Crippen molar-refractivity contribution in [2.45, 2.75) is 18.6 Å². The maximum Gasteiger partial charge on any atom is 0.263 e. The molecule has 0 bridgehead atoms. The third-order valence-electron chi connectivity index (χ3n) is 4.42. The molecule has 2 unspecified atom stereocenters. The molecule has 1 fully saturated rings. The molecule has 2 aromatic carbocycles. The number of rotatable bonds is 4. The van der Waals surface area contributed by atoms with Crippen LogP contribution in [0.25, 0.3) is 0 Å². The summed E-state index contributed by atoms with van der Waals surface area (Å²) in [5, 5.41) is 10.2. The van der Waals surface area contributed by atoms with E-state index in [2.05, 4.69) is 10.3 Å². The van der Waals surface area contributed by atoms with Crippen molar-refractivity contribution in [2.24, 2.45) is 10.3 Å². The van der Waals surface area contributed by atoms with Gasteiger partial charge in [0.15, 0.2) is 12.1 Å². The molecule has 2 amide bonds. The van der Waals surface area contributed by atoms with Gasteiger partial charge in [0.05, 0.1) is 19.3 Å². The van der Waals surface area contributed by atoms with E-state index in [1.54, 1.807) is 48.5 Å². The molecule has 26 heavy (non-hydrogen) atoms. The van der Waals surface area contributed by atoms with Gasteiger partial charge in [-0.25, -0.2) is 4.90 Å². The molecule has 2 atom stereocenters. The lowest BCUT2D eigenvalue weighted by Gasteiger charge is -2.20. The predicted molar refractivity (Wildman–Crippen MR) is 94.9 cm³/mol. The van der Waals surface area contributed by atoms with Crippen LogP contribution in [0.4, 0.5) is 5.69 Å². The first-order valence-corrected chi connectivity index (χ1v) is 8.40. The van der Waals surface area contributed by atoms with Crippen molar-refractivity contribution in [2.75, 3.05) is 12.0 Å². The molecule has 132 valence electrons. The number of imide groups is 1. The number of anilines is 1. The van der Waals surface area contributed by atoms with Gasteiger partial charge < -0.3 is 4.74 Å². The van der Waals surface area contributed by atoms with Gasteiger partial charge in [0.1, 0.15) is 5.75 Å². The van der Waals surface area contributed by atoms with E-state index in [-0.39, 0.29) is 11.8 Å². The Morgan fingerprint density at radius 1 is 1.12 bits per heavy atom. The molecule has 4 rings (SSSR count). The average Bonchev–Trinajstić information content (AvgIpc) is 3.16. The zero-order valence-electron chi connectivity index (χ0n) is 13.9. The van der Waals surface area contributed by atoms with Crippen molar-refractivity contribution in [3.05, 3.63) is 59.1 Å². The van der Waals surface area contributed by atoms with E-state index >= 15 is 0 Å². The van der Waals surface area contributed by atoms with Crippen LogP contribution in [-0.4, -0.2) is 36.0 Å². The SMILES string of the molecule is COc1ccc(N2C(=O)C3N=NN(Cc4cccc(Cl)c4)C3C2=O)cc1. The van der Waals surface area contributed by atoms with Crippen LogP contribution in [0, 0.1) is 0 Å². The molecule has 2 heterocycles. The fourth-order valence-electron chi connectivity index (χ4n) is 3.16. The van der Waals surface area contributed by atoms with Gasteiger partial charge in [-0.1, -0.05) is 29.0 Å². The third-order valence-corrected chi connectivity index (χ3v) is 4.66. The van der Waals surface area contributed by atoms with E-state index in [0.29, 0.717) is 23.0 Å². The normalized spacial score (nSPS) is 21.5. The molecule has 0 N–H and O–H groups in total. The number of amides is 2. The van der Waals surface area contributed by atoms with Gasteiger partial charge in [-0.2, -0.15) is 5.11 Å². The van der Waals surface area contributed by atoms with Crippen LogP contribution in [-0.2, 0) is 16.1 Å². The minimum atomic E-state index is -0.816. The molecule has 0 aliphatic carbocycles. The lowest BCUT2D eigenvalue weighted by atomic mass is 10.1. The first kappa shape index (κ1) is 16.5. The number of ether oxygens (including phenoxy) is 1. The molecule has 7 nitrogen and oxygen atoms in total. The molecule has 0 radical (unpaired) electrons. The van der Waals surface area contributed by atoms with Crippen LogP contribution in [0.3, 0.4) is 0 Å². The number of benzene rings is 2. The van der Waals surface area contributed by atoms with E-state index in [0.717, 1.165) is 10.5 Å². The number of methoxy groups -OCH3 is 1. The summed E-state index contributed by atoms with van der Waals surface area (Å²) < 4.78 is 5.11. The number of hydrogen-bond donors (Lipinski definition) is 0. The fourth-order valence-corrected chi connectivity index (χ4v) is 3.37. The van der Waals surface area contributed by atoms with Crippen LogP contribution in [0.5, 0.6) is 5.75 Å². The average molecular weight is 371 g/mol. The van der Waals surface area contributed by atoms with E-state index in [1.165, 1.54) is 0 Å². The molecule has 2 aromatic rings. The van der Waals surface area contributed by atoms with Crippen molar-refractivity contribution in [1.82, 2.24) is 5.01 Å². The Morgan fingerprint density at radius 3 is 2.58 bits per heavy atom. The summed E-state index contributed by atoms with van der Waals surface area (Å²) >= 11 is 6.01. The third kappa shape index (κ3) is 2.70. The van der Waals surface area contributed by atoms with Crippen molar-refractivity contribution < 1.29 is 14.3 Å². The lowest BCUT2D eigenvalue weighted by Crippen LogP contribution is -2.39. The summed E-state index contributed by atoms with van der Waals surface area (Å²) in [6.07, 6.45) is 0. The van der Waals surface area contributed by atoms with E-state index in [1.807, 2.05) is 12.1 Å². The lowest BCUT2D eigenvalue weighted by molar-refractivity contribution is -0.123. The highest BCUT2D eigenvalue weighted by atomic mass is 35.5. The quantitative estimate of drug-likeness (QED) is 0.775. The molecular formula is C18H15ClN4O3. The van der Waals surface area contributed by atoms with Gasteiger partial charge in [-0.3, -0.25) is 14.6 Å². The number of fused-ring (bicyclic) bond motifs is 1. The Hall–Kier alpha value is -2.93. The predicted octanol–water partition coefficient (Wildman–Crippen LogP) is 2.84. The van der Waals surface area contributed by atoms with Gasteiger partial charge in [0, 0.05) is 5.02 Å². The number of halogens is 1. The molecular weight excluding hydrogens is 356 g/mol. The maximum atomic E-state index is 12.9. The number of carbonyl (C=O) groups excluding carboxylic acids is 2. The largest absolute Gasteiger partial charge is 0.497 e. The number of hydrogen-bond acceptors (Lipinski definition) is 6. The molecule has 0 spiro atoms. The minimum Gasteiger partial charge on any atom is -0.497 e. The van der Waals surface area contributed by atoms with Gasteiger partial charge in [-0.05, 0) is 42.0 Å². The van der Waals surface area contributed by atoms with Crippen LogP contribution in [0.1, 0.15) is 5.56 Å². The second kappa shape index (κ2) is 6.42. The van der Waals surface area contributed by atoms with Crippen molar-refractivity contribution in [3.8, 4) is 5.75 Å². The second-order valence-electron chi connectivity index (χ2n) is 6.03. The monoisotopic (exact) mass is 370 g/mol. The fraction of sp³-hybridized carbons (Fsp3) is 0.222. The van der Waals surface area contributed by atoms with E-state index in [9.17, 15) is 9.59 Å². The Bertz CT molecular complexity index is 900.